The lowest BCUT2D eigenvalue weighted by atomic mass is 10.1. The molecule has 0 aromatic carbocycles. The van der Waals surface area contributed by atoms with Crippen molar-refractivity contribution in [1.29, 1.82) is 0 Å². The number of nitrogens with two attached hydrogens (primary N) is 1. The molecule has 0 radical (unpaired) electrons. The van der Waals surface area contributed by atoms with Crippen LogP contribution in [0.25, 0.3) is 0 Å². The molecule has 2 aliphatic rings. The molecule has 2 saturated heterocycles. The highest BCUT2D eigenvalue weighted by atomic mass is 16.4. The van der Waals surface area contributed by atoms with Gasteiger partial charge in [0.25, 0.3) is 0 Å². The van der Waals surface area contributed by atoms with Crippen LogP contribution in [0.2, 0.25) is 0 Å². The second-order valence-corrected chi connectivity index (χ2v) is 7.49. The standard InChI is InChI=1S/C18H29N5O7/c19-14(25)6-5-11(18(29)30)21-15(26)12(9-24)22-16(27)13-4-2-8-23(13)17(28)10-3-1-7-20-10/h10-13,20,24H,1-9H2,(H2,19,25)(H,21,26)(H,22,27)(H,29,30). The van der Waals surface area contributed by atoms with E-state index in [0.717, 1.165) is 13.0 Å². The molecule has 12 nitrogen and oxygen atoms in total. The highest BCUT2D eigenvalue weighted by molar-refractivity contribution is 5.94. The number of carboxylic acid groups (broad SMARTS) is 1. The summed E-state index contributed by atoms with van der Waals surface area (Å²) in [6.45, 7) is 0.415. The molecule has 2 rings (SSSR count). The third-order valence-corrected chi connectivity index (χ3v) is 5.31. The molecule has 4 atom stereocenters. The van der Waals surface area contributed by atoms with Gasteiger partial charge in [-0.15, -0.1) is 0 Å². The molecule has 168 valence electrons. The van der Waals surface area contributed by atoms with Crippen molar-refractivity contribution in [3.05, 3.63) is 0 Å². The topological polar surface area (TPSA) is 191 Å². The predicted molar refractivity (Wildman–Crippen MR) is 103 cm³/mol. The third-order valence-electron chi connectivity index (χ3n) is 5.31. The van der Waals surface area contributed by atoms with E-state index in [1.54, 1.807) is 0 Å². The maximum atomic E-state index is 12.7. The van der Waals surface area contributed by atoms with Crippen molar-refractivity contribution in [3.8, 4) is 0 Å². The Morgan fingerprint density at radius 2 is 1.83 bits per heavy atom. The highest BCUT2D eigenvalue weighted by Crippen LogP contribution is 2.21. The fourth-order valence-electron chi connectivity index (χ4n) is 3.68. The van der Waals surface area contributed by atoms with Crippen molar-refractivity contribution in [3.63, 3.8) is 0 Å². The van der Waals surface area contributed by atoms with Gasteiger partial charge in [0.1, 0.15) is 18.1 Å². The van der Waals surface area contributed by atoms with Gasteiger partial charge in [-0.1, -0.05) is 0 Å². The first kappa shape index (κ1) is 23.5. The Labute approximate surface area is 173 Å². The van der Waals surface area contributed by atoms with Gasteiger partial charge in [-0.2, -0.15) is 0 Å². The molecular formula is C18H29N5O7. The minimum atomic E-state index is -1.39. The molecule has 0 aromatic rings. The van der Waals surface area contributed by atoms with Crippen LogP contribution < -0.4 is 21.7 Å². The molecule has 7 N–H and O–H groups in total. The number of nitrogens with zero attached hydrogens (tertiary/aromatic N) is 1. The fraction of sp³-hybridized carbons (Fsp3) is 0.722. The number of rotatable bonds is 10. The molecule has 0 bridgehead atoms. The average Bonchev–Trinajstić information content (AvgIpc) is 3.39. The van der Waals surface area contributed by atoms with Gasteiger partial charge in [0.15, 0.2) is 0 Å². The van der Waals surface area contributed by atoms with E-state index >= 15 is 0 Å². The molecule has 2 aliphatic heterocycles. The van der Waals surface area contributed by atoms with Crippen molar-refractivity contribution >= 4 is 29.6 Å². The summed E-state index contributed by atoms with van der Waals surface area (Å²) in [5.74, 6) is -3.74. The molecule has 4 amide bonds. The minimum Gasteiger partial charge on any atom is -0.480 e. The summed E-state index contributed by atoms with van der Waals surface area (Å²) < 4.78 is 0. The van der Waals surface area contributed by atoms with Crippen LogP contribution >= 0.6 is 0 Å². The molecule has 2 fully saturated rings. The second-order valence-electron chi connectivity index (χ2n) is 7.49. The lowest BCUT2D eigenvalue weighted by Gasteiger charge is -2.28. The van der Waals surface area contributed by atoms with Crippen molar-refractivity contribution in [2.24, 2.45) is 5.73 Å². The smallest absolute Gasteiger partial charge is 0.326 e. The van der Waals surface area contributed by atoms with Gasteiger partial charge in [-0.25, -0.2) is 4.79 Å². The van der Waals surface area contributed by atoms with Crippen LogP contribution in [0, 0.1) is 0 Å². The molecule has 30 heavy (non-hydrogen) atoms. The molecule has 0 aromatic heterocycles. The van der Waals surface area contributed by atoms with Gasteiger partial charge in [-0.05, 0) is 38.6 Å². The zero-order chi connectivity index (χ0) is 22.3. The highest BCUT2D eigenvalue weighted by Gasteiger charge is 2.39. The lowest BCUT2D eigenvalue weighted by Crippen LogP contribution is -2.57. The van der Waals surface area contributed by atoms with E-state index in [1.807, 2.05) is 0 Å². The van der Waals surface area contributed by atoms with Gasteiger partial charge in [-0.3, -0.25) is 19.2 Å². The van der Waals surface area contributed by atoms with Gasteiger partial charge in [0.05, 0.1) is 12.6 Å². The monoisotopic (exact) mass is 427 g/mol. The SMILES string of the molecule is NC(=O)CCC(NC(=O)C(CO)NC(=O)C1CCCN1C(=O)C1CCCN1)C(=O)O. The molecule has 2 heterocycles. The van der Waals surface area contributed by atoms with Crippen molar-refractivity contribution in [2.75, 3.05) is 19.7 Å². The maximum Gasteiger partial charge on any atom is 0.326 e. The summed E-state index contributed by atoms with van der Waals surface area (Å²) in [5, 5.41) is 26.4. The first-order valence-corrected chi connectivity index (χ1v) is 10.0. The number of carbonyl (C=O) groups is 5. The number of primary amides is 1. The van der Waals surface area contributed by atoms with E-state index in [2.05, 4.69) is 16.0 Å². The number of nitrogens with one attached hydrogen (secondary N) is 3. The van der Waals surface area contributed by atoms with E-state index in [4.69, 9.17) is 5.73 Å². The van der Waals surface area contributed by atoms with Crippen LogP contribution in [-0.4, -0.2) is 88.6 Å². The Morgan fingerprint density at radius 1 is 1.10 bits per heavy atom. The number of hydrogen-bond acceptors (Lipinski definition) is 7. The van der Waals surface area contributed by atoms with E-state index in [9.17, 15) is 34.2 Å². The van der Waals surface area contributed by atoms with Gasteiger partial charge >= 0.3 is 5.97 Å². The quantitative estimate of drug-likeness (QED) is 0.213. The van der Waals surface area contributed by atoms with Crippen LogP contribution in [0.15, 0.2) is 0 Å². The van der Waals surface area contributed by atoms with Crippen molar-refractivity contribution in [1.82, 2.24) is 20.9 Å². The van der Waals surface area contributed by atoms with Crippen molar-refractivity contribution in [2.45, 2.75) is 62.7 Å². The number of aliphatic hydroxyl groups is 1. The molecule has 4 unspecified atom stereocenters. The number of aliphatic carboxylic acids is 1. The molecule has 12 heteroatoms. The first-order chi connectivity index (χ1) is 14.2. The lowest BCUT2D eigenvalue weighted by molar-refractivity contribution is -0.143. The summed E-state index contributed by atoms with van der Waals surface area (Å²) in [6, 6.07) is -3.87. The Balaban J connectivity index is 1.96. The summed E-state index contributed by atoms with van der Waals surface area (Å²) in [6.07, 6.45) is 2.19. The summed E-state index contributed by atoms with van der Waals surface area (Å²) in [7, 11) is 0. The van der Waals surface area contributed by atoms with Crippen LogP contribution in [0.5, 0.6) is 0 Å². The Hall–Kier alpha value is -2.73. The van der Waals surface area contributed by atoms with E-state index in [-0.39, 0.29) is 24.8 Å². The fourth-order valence-corrected chi connectivity index (χ4v) is 3.68. The normalized spacial score (nSPS) is 22.9. The number of hydrogen-bond donors (Lipinski definition) is 6. The van der Waals surface area contributed by atoms with Crippen LogP contribution in [-0.2, 0) is 24.0 Å². The average molecular weight is 427 g/mol. The molecule has 0 aliphatic carbocycles. The van der Waals surface area contributed by atoms with Gasteiger partial charge in [0.2, 0.25) is 23.6 Å². The molecule has 0 saturated carbocycles. The van der Waals surface area contributed by atoms with Gasteiger partial charge in [0, 0.05) is 13.0 Å². The Morgan fingerprint density at radius 3 is 2.40 bits per heavy atom. The number of carbonyl (C=O) groups excluding carboxylic acids is 4. The molecular weight excluding hydrogens is 398 g/mol. The number of aliphatic hydroxyl groups excluding tert-OH is 1. The Bertz CT molecular complexity index is 680. The van der Waals surface area contributed by atoms with Gasteiger partial charge < -0.3 is 36.8 Å². The van der Waals surface area contributed by atoms with Crippen LogP contribution in [0.1, 0.15) is 38.5 Å². The predicted octanol–water partition coefficient (Wildman–Crippen LogP) is -2.96. The molecule has 0 spiro atoms. The minimum absolute atomic E-state index is 0.160. The van der Waals surface area contributed by atoms with Crippen LogP contribution in [0.4, 0.5) is 0 Å². The second kappa shape index (κ2) is 10.9. The van der Waals surface area contributed by atoms with E-state index < -0.39 is 48.4 Å². The number of amides is 4. The third kappa shape index (κ3) is 6.13. The zero-order valence-electron chi connectivity index (χ0n) is 16.6. The van der Waals surface area contributed by atoms with E-state index in [0.29, 0.717) is 25.8 Å². The van der Waals surface area contributed by atoms with Crippen LogP contribution in [0.3, 0.4) is 0 Å². The maximum absolute atomic E-state index is 12.7. The summed E-state index contributed by atoms with van der Waals surface area (Å²) in [4.78, 5) is 61.3. The number of likely N-dealkylation sites (tertiary alicyclic amines) is 1. The van der Waals surface area contributed by atoms with Crippen molar-refractivity contribution < 1.29 is 34.2 Å². The zero-order valence-corrected chi connectivity index (χ0v) is 16.6. The first-order valence-electron chi connectivity index (χ1n) is 10.0. The number of carboxylic acids is 1. The summed E-state index contributed by atoms with van der Waals surface area (Å²) in [5.41, 5.74) is 5.00. The largest absolute Gasteiger partial charge is 0.480 e. The van der Waals surface area contributed by atoms with E-state index in [1.165, 1.54) is 4.90 Å². The Kier molecular flexibility index (Phi) is 8.54. The summed E-state index contributed by atoms with van der Waals surface area (Å²) >= 11 is 0.